The molecule has 2 N–H and O–H groups in total. The number of halogens is 1. The molecule has 7 nitrogen and oxygen atoms in total. The number of nitrogens with one attached hydrogen (secondary N) is 2. The standard InChI is InChI=1S/C19H21FN2O5S/c1-12(2)22-28(25,26)17-9-4-6-14(10-17)19(24)27-13(3)18(23)21-16-8-5-7-15(20)11-16/h4-13,22H,1-3H3,(H,21,23)/t13-/m1/s1. The molecule has 150 valence electrons. The Morgan fingerprint density at radius 3 is 2.36 bits per heavy atom. The number of anilines is 1. The summed E-state index contributed by atoms with van der Waals surface area (Å²) in [6, 6.07) is 10.3. The maximum atomic E-state index is 13.2. The first-order chi connectivity index (χ1) is 13.1. The lowest BCUT2D eigenvalue weighted by Gasteiger charge is -2.14. The number of carbonyl (C=O) groups excluding carboxylic acids is 2. The van der Waals surface area contributed by atoms with Gasteiger partial charge < -0.3 is 10.1 Å². The second-order valence-corrected chi connectivity index (χ2v) is 8.06. The van der Waals surface area contributed by atoms with E-state index in [0.717, 1.165) is 6.07 Å². The third-order valence-corrected chi connectivity index (χ3v) is 5.17. The molecule has 2 aromatic rings. The van der Waals surface area contributed by atoms with E-state index in [1.54, 1.807) is 13.8 Å². The molecule has 0 aromatic heterocycles. The van der Waals surface area contributed by atoms with Crippen LogP contribution in [0, 0.1) is 5.82 Å². The molecule has 0 heterocycles. The van der Waals surface area contributed by atoms with Crippen molar-refractivity contribution < 1.29 is 27.1 Å². The zero-order valence-electron chi connectivity index (χ0n) is 15.6. The topological polar surface area (TPSA) is 102 Å². The smallest absolute Gasteiger partial charge is 0.338 e. The number of benzene rings is 2. The fourth-order valence-corrected chi connectivity index (χ4v) is 3.56. The summed E-state index contributed by atoms with van der Waals surface area (Å²) >= 11 is 0. The van der Waals surface area contributed by atoms with Crippen LogP contribution in [0.4, 0.5) is 10.1 Å². The first kappa shape index (κ1) is 21.5. The molecule has 2 aromatic carbocycles. The van der Waals surface area contributed by atoms with Gasteiger partial charge in [0.2, 0.25) is 10.0 Å². The van der Waals surface area contributed by atoms with E-state index in [1.165, 1.54) is 49.4 Å². The second-order valence-electron chi connectivity index (χ2n) is 6.35. The normalized spacial score (nSPS) is 12.5. The molecule has 28 heavy (non-hydrogen) atoms. The average molecular weight is 408 g/mol. The number of rotatable bonds is 7. The Morgan fingerprint density at radius 2 is 1.71 bits per heavy atom. The van der Waals surface area contributed by atoms with E-state index >= 15 is 0 Å². The maximum Gasteiger partial charge on any atom is 0.338 e. The lowest BCUT2D eigenvalue weighted by molar-refractivity contribution is -0.123. The fourth-order valence-electron chi connectivity index (χ4n) is 2.26. The van der Waals surface area contributed by atoms with Crippen LogP contribution in [0.3, 0.4) is 0 Å². The van der Waals surface area contributed by atoms with E-state index in [1.807, 2.05) is 0 Å². The van der Waals surface area contributed by atoms with Crippen LogP contribution in [0.15, 0.2) is 53.4 Å². The summed E-state index contributed by atoms with van der Waals surface area (Å²) in [5, 5.41) is 2.43. The molecule has 0 fully saturated rings. The van der Waals surface area contributed by atoms with Crippen LogP contribution in [0.5, 0.6) is 0 Å². The first-order valence-electron chi connectivity index (χ1n) is 8.48. The van der Waals surface area contributed by atoms with Crippen molar-refractivity contribution >= 4 is 27.6 Å². The van der Waals surface area contributed by atoms with E-state index in [4.69, 9.17) is 4.74 Å². The van der Waals surface area contributed by atoms with Crippen molar-refractivity contribution in [2.75, 3.05) is 5.32 Å². The van der Waals surface area contributed by atoms with E-state index in [9.17, 15) is 22.4 Å². The zero-order chi connectivity index (χ0) is 20.9. The molecule has 0 radical (unpaired) electrons. The highest BCUT2D eigenvalue weighted by molar-refractivity contribution is 7.89. The molecular weight excluding hydrogens is 387 g/mol. The minimum Gasteiger partial charge on any atom is -0.449 e. The van der Waals surface area contributed by atoms with E-state index in [0.29, 0.717) is 0 Å². The molecule has 0 aliphatic heterocycles. The highest BCUT2D eigenvalue weighted by Gasteiger charge is 2.21. The first-order valence-corrected chi connectivity index (χ1v) is 9.96. The Labute approximate surface area is 163 Å². The van der Waals surface area contributed by atoms with Gasteiger partial charge in [-0.05, 0) is 57.2 Å². The Balaban J connectivity index is 2.08. The minimum absolute atomic E-state index is 0.0166. The number of hydrogen-bond donors (Lipinski definition) is 2. The van der Waals surface area contributed by atoms with E-state index < -0.39 is 33.8 Å². The largest absolute Gasteiger partial charge is 0.449 e. The third-order valence-electron chi connectivity index (χ3n) is 3.52. The van der Waals surface area contributed by atoms with Crippen molar-refractivity contribution in [3.05, 3.63) is 59.9 Å². The van der Waals surface area contributed by atoms with Crippen LogP contribution in [-0.4, -0.2) is 32.4 Å². The van der Waals surface area contributed by atoms with Gasteiger partial charge in [0.1, 0.15) is 5.82 Å². The minimum atomic E-state index is -3.78. The molecule has 0 aliphatic rings. The van der Waals surface area contributed by atoms with Crippen LogP contribution < -0.4 is 10.0 Å². The van der Waals surface area contributed by atoms with Crippen molar-refractivity contribution in [2.45, 2.75) is 37.8 Å². The van der Waals surface area contributed by atoms with Crippen LogP contribution in [0.2, 0.25) is 0 Å². The van der Waals surface area contributed by atoms with Crippen molar-refractivity contribution in [3.8, 4) is 0 Å². The Bertz CT molecular complexity index is 976. The molecule has 0 aliphatic carbocycles. The van der Waals surface area contributed by atoms with E-state index in [-0.39, 0.29) is 22.2 Å². The highest BCUT2D eigenvalue weighted by Crippen LogP contribution is 2.15. The highest BCUT2D eigenvalue weighted by atomic mass is 32.2. The Morgan fingerprint density at radius 1 is 1.04 bits per heavy atom. The van der Waals surface area contributed by atoms with Gasteiger partial charge in [0.05, 0.1) is 10.5 Å². The quantitative estimate of drug-likeness (QED) is 0.686. The third kappa shape index (κ3) is 5.86. The molecule has 1 atom stereocenters. The molecule has 0 saturated carbocycles. The van der Waals surface area contributed by atoms with Gasteiger partial charge in [0.25, 0.3) is 5.91 Å². The second kappa shape index (κ2) is 8.94. The molecule has 2 rings (SSSR count). The molecule has 0 bridgehead atoms. The number of carbonyl (C=O) groups is 2. The predicted octanol–water partition coefficient (Wildman–Crippen LogP) is 2.70. The van der Waals surface area contributed by atoms with Crippen LogP contribution in [0.1, 0.15) is 31.1 Å². The molecule has 9 heteroatoms. The maximum absolute atomic E-state index is 13.2. The average Bonchev–Trinajstić information content (AvgIpc) is 2.60. The van der Waals surface area contributed by atoms with Gasteiger partial charge in [-0.15, -0.1) is 0 Å². The predicted molar refractivity (Wildman–Crippen MR) is 102 cm³/mol. The molecule has 0 spiro atoms. The number of esters is 1. The lowest BCUT2D eigenvalue weighted by atomic mass is 10.2. The van der Waals surface area contributed by atoms with Crippen molar-refractivity contribution in [3.63, 3.8) is 0 Å². The van der Waals surface area contributed by atoms with Gasteiger partial charge >= 0.3 is 5.97 Å². The molecular formula is C19H21FN2O5S. The van der Waals surface area contributed by atoms with Gasteiger partial charge in [0, 0.05) is 11.7 Å². The monoisotopic (exact) mass is 408 g/mol. The SMILES string of the molecule is CC(C)NS(=O)(=O)c1cccc(C(=O)O[C@H](C)C(=O)Nc2cccc(F)c2)c1. The van der Waals surface area contributed by atoms with Gasteiger partial charge in [-0.25, -0.2) is 22.3 Å². The Kier molecular flexibility index (Phi) is 6.87. The van der Waals surface area contributed by atoms with Crippen LogP contribution >= 0.6 is 0 Å². The number of amides is 1. The van der Waals surface area contributed by atoms with Crippen molar-refractivity contribution in [1.29, 1.82) is 0 Å². The zero-order valence-corrected chi connectivity index (χ0v) is 16.4. The lowest BCUT2D eigenvalue weighted by Crippen LogP contribution is -2.31. The Hall–Kier alpha value is -2.78. The molecule has 0 unspecified atom stereocenters. The number of ether oxygens (including phenoxy) is 1. The summed E-state index contributed by atoms with van der Waals surface area (Å²) in [5.74, 6) is -2.02. The van der Waals surface area contributed by atoms with Crippen molar-refractivity contribution in [2.24, 2.45) is 0 Å². The molecule has 0 saturated heterocycles. The fraction of sp³-hybridized carbons (Fsp3) is 0.263. The van der Waals surface area contributed by atoms with Gasteiger partial charge in [-0.2, -0.15) is 0 Å². The summed E-state index contributed by atoms with van der Waals surface area (Å²) in [6.45, 7) is 4.70. The van der Waals surface area contributed by atoms with E-state index in [2.05, 4.69) is 10.0 Å². The summed E-state index contributed by atoms with van der Waals surface area (Å²) in [5.41, 5.74) is 0.206. The van der Waals surface area contributed by atoms with Crippen LogP contribution in [-0.2, 0) is 19.6 Å². The summed E-state index contributed by atoms with van der Waals surface area (Å²) in [7, 11) is -3.78. The van der Waals surface area contributed by atoms with Gasteiger partial charge in [-0.1, -0.05) is 12.1 Å². The summed E-state index contributed by atoms with van der Waals surface area (Å²) in [6.07, 6.45) is -1.18. The summed E-state index contributed by atoms with van der Waals surface area (Å²) in [4.78, 5) is 24.3. The number of hydrogen-bond acceptors (Lipinski definition) is 5. The van der Waals surface area contributed by atoms with Gasteiger partial charge in [0.15, 0.2) is 6.10 Å². The van der Waals surface area contributed by atoms with Crippen molar-refractivity contribution in [1.82, 2.24) is 4.72 Å². The van der Waals surface area contributed by atoms with Crippen LogP contribution in [0.25, 0.3) is 0 Å². The number of sulfonamides is 1. The van der Waals surface area contributed by atoms with Gasteiger partial charge in [-0.3, -0.25) is 4.79 Å². The summed E-state index contributed by atoms with van der Waals surface area (Å²) < 4.78 is 45.1. The molecule has 1 amide bonds.